The van der Waals surface area contributed by atoms with E-state index in [9.17, 15) is 0 Å². The van der Waals surface area contributed by atoms with E-state index in [0.29, 0.717) is 0 Å². The van der Waals surface area contributed by atoms with Crippen molar-refractivity contribution in [2.75, 3.05) is 5.75 Å². The first kappa shape index (κ1) is 10.1. The van der Waals surface area contributed by atoms with Crippen molar-refractivity contribution in [1.82, 2.24) is 4.98 Å². The fourth-order valence-corrected chi connectivity index (χ4v) is 2.35. The molecule has 0 radical (unpaired) electrons. The fraction of sp³-hybridized carbons (Fsp3) is 0.444. The molecule has 0 spiro atoms. The summed E-state index contributed by atoms with van der Waals surface area (Å²) in [6.45, 7) is 4.22. The van der Waals surface area contributed by atoms with Gasteiger partial charge in [-0.25, -0.2) is 4.98 Å². The molecule has 1 nitrogen and oxygen atoms in total. The maximum Gasteiger partial charge on any atom is 0.110 e. The first-order valence-corrected chi connectivity index (χ1v) is 5.77. The predicted octanol–water partition coefficient (Wildman–Crippen LogP) is 3.65. The lowest BCUT2D eigenvalue weighted by atomic mass is 10.3. The van der Waals surface area contributed by atoms with Crippen molar-refractivity contribution < 1.29 is 0 Å². The topological polar surface area (TPSA) is 12.9 Å². The molecular weight excluding hydrogens is 234 g/mol. The van der Waals surface area contributed by atoms with Gasteiger partial charge in [-0.15, -0.1) is 11.8 Å². The molecule has 66 valence electrons. The summed E-state index contributed by atoms with van der Waals surface area (Å²) in [6.07, 6.45) is 3.09. The molecule has 12 heavy (non-hydrogen) atoms. The Hall–Kier alpha value is -0.0200. The van der Waals surface area contributed by atoms with Gasteiger partial charge in [0.15, 0.2) is 0 Å². The van der Waals surface area contributed by atoms with Crippen LogP contribution in [0.1, 0.15) is 18.9 Å². The average molecular weight is 246 g/mol. The summed E-state index contributed by atoms with van der Waals surface area (Å²) >= 11 is 5.29. The van der Waals surface area contributed by atoms with E-state index in [4.69, 9.17) is 0 Å². The summed E-state index contributed by atoms with van der Waals surface area (Å²) in [6, 6.07) is 2.10. The normalized spacial score (nSPS) is 10.2. The summed E-state index contributed by atoms with van der Waals surface area (Å²) in [5.74, 6) is 1.13. The van der Waals surface area contributed by atoms with Crippen molar-refractivity contribution in [3.63, 3.8) is 0 Å². The third kappa shape index (κ3) is 2.79. The first-order chi connectivity index (χ1) is 5.74. The zero-order chi connectivity index (χ0) is 8.97. The molecule has 0 fully saturated rings. The van der Waals surface area contributed by atoms with E-state index in [1.807, 2.05) is 13.1 Å². The number of rotatable bonds is 3. The monoisotopic (exact) mass is 245 g/mol. The molecule has 0 N–H and O–H groups in total. The molecule has 0 saturated carbocycles. The molecule has 1 aromatic heterocycles. The quantitative estimate of drug-likeness (QED) is 0.755. The highest BCUT2D eigenvalue weighted by Crippen LogP contribution is 2.25. The average Bonchev–Trinajstić information content (AvgIpc) is 2.03. The fourth-order valence-electron chi connectivity index (χ4n) is 0.826. The van der Waals surface area contributed by atoms with Crippen molar-refractivity contribution >= 4 is 27.7 Å². The number of aromatic nitrogens is 1. The highest BCUT2D eigenvalue weighted by molar-refractivity contribution is 9.10. The van der Waals surface area contributed by atoms with Gasteiger partial charge in [-0.3, -0.25) is 0 Å². The van der Waals surface area contributed by atoms with Crippen LogP contribution in [0.25, 0.3) is 0 Å². The number of nitrogens with zero attached hydrogens (tertiary/aromatic N) is 1. The lowest BCUT2D eigenvalue weighted by Gasteiger charge is -2.02. The van der Waals surface area contributed by atoms with Gasteiger partial charge < -0.3 is 0 Å². The minimum absolute atomic E-state index is 1.10. The smallest absolute Gasteiger partial charge is 0.110 e. The Balaban J connectivity index is 2.72. The molecule has 1 aromatic rings. The molecule has 0 amide bonds. The van der Waals surface area contributed by atoms with Gasteiger partial charge >= 0.3 is 0 Å². The number of hydrogen-bond acceptors (Lipinski definition) is 2. The molecule has 1 heterocycles. The zero-order valence-corrected chi connectivity index (χ0v) is 9.70. The molecule has 0 aliphatic rings. The van der Waals surface area contributed by atoms with Crippen LogP contribution in [-0.4, -0.2) is 10.7 Å². The molecule has 0 aliphatic carbocycles. The number of pyridine rings is 1. The summed E-state index contributed by atoms with van der Waals surface area (Å²) in [5, 5.41) is 1.10. The van der Waals surface area contributed by atoms with Gasteiger partial charge in [-0.1, -0.05) is 6.92 Å². The van der Waals surface area contributed by atoms with E-state index in [-0.39, 0.29) is 0 Å². The van der Waals surface area contributed by atoms with Crippen molar-refractivity contribution in [2.24, 2.45) is 0 Å². The number of aryl methyl sites for hydroxylation is 1. The molecule has 0 aromatic carbocycles. The summed E-state index contributed by atoms with van der Waals surface area (Å²) < 4.78 is 1.11. The minimum Gasteiger partial charge on any atom is -0.248 e. The molecule has 0 bridgehead atoms. The maximum atomic E-state index is 4.33. The summed E-state index contributed by atoms with van der Waals surface area (Å²) in [5.41, 5.74) is 1.20. The standard InChI is InChI=1S/C9H12BrNS/c1-3-4-12-9-8(10)5-7(2)6-11-9/h5-6H,3-4H2,1-2H3. The van der Waals surface area contributed by atoms with Gasteiger partial charge in [0.05, 0.1) is 4.47 Å². The van der Waals surface area contributed by atoms with Crippen LogP contribution in [0.5, 0.6) is 0 Å². The zero-order valence-electron chi connectivity index (χ0n) is 7.30. The molecule has 0 atom stereocenters. The Morgan fingerprint density at radius 1 is 1.58 bits per heavy atom. The lowest BCUT2D eigenvalue weighted by molar-refractivity contribution is 1.06. The van der Waals surface area contributed by atoms with Crippen molar-refractivity contribution in [1.29, 1.82) is 0 Å². The van der Waals surface area contributed by atoms with E-state index in [2.05, 4.69) is 33.9 Å². The van der Waals surface area contributed by atoms with Gasteiger partial charge in [0.1, 0.15) is 5.03 Å². The second-order valence-corrected chi connectivity index (χ2v) is 4.59. The third-order valence-corrected chi connectivity index (χ3v) is 3.47. The number of thioether (sulfide) groups is 1. The maximum absolute atomic E-state index is 4.33. The largest absolute Gasteiger partial charge is 0.248 e. The van der Waals surface area contributed by atoms with Gasteiger partial charge in [0.2, 0.25) is 0 Å². The SMILES string of the molecule is CCCSc1ncc(C)cc1Br. The number of halogens is 1. The van der Waals surface area contributed by atoms with Gasteiger partial charge in [0.25, 0.3) is 0 Å². The first-order valence-electron chi connectivity index (χ1n) is 3.99. The predicted molar refractivity (Wildman–Crippen MR) is 57.7 cm³/mol. The number of hydrogen-bond donors (Lipinski definition) is 0. The van der Waals surface area contributed by atoms with E-state index in [1.54, 1.807) is 11.8 Å². The van der Waals surface area contributed by atoms with Crippen LogP contribution in [0.3, 0.4) is 0 Å². The second kappa shape index (κ2) is 4.87. The molecule has 1 rings (SSSR count). The second-order valence-electron chi connectivity index (χ2n) is 2.65. The molecule has 0 aliphatic heterocycles. The highest BCUT2D eigenvalue weighted by Gasteiger charge is 2.00. The van der Waals surface area contributed by atoms with Crippen LogP contribution in [-0.2, 0) is 0 Å². The summed E-state index contributed by atoms with van der Waals surface area (Å²) in [7, 11) is 0. The van der Waals surface area contributed by atoms with Crippen molar-refractivity contribution in [2.45, 2.75) is 25.3 Å². The Bertz CT molecular complexity index is 263. The van der Waals surface area contributed by atoms with E-state index < -0.39 is 0 Å². The van der Waals surface area contributed by atoms with Crippen LogP contribution >= 0.6 is 27.7 Å². The molecule has 0 saturated heterocycles. The molecular formula is C9H12BrNS. The van der Waals surface area contributed by atoms with Crippen LogP contribution < -0.4 is 0 Å². The molecule has 0 unspecified atom stereocenters. The lowest BCUT2D eigenvalue weighted by Crippen LogP contribution is -1.85. The Labute approximate surface area is 86.1 Å². The van der Waals surface area contributed by atoms with Crippen LogP contribution in [0, 0.1) is 6.92 Å². The van der Waals surface area contributed by atoms with Gasteiger partial charge in [-0.05, 0) is 46.7 Å². The van der Waals surface area contributed by atoms with E-state index in [0.717, 1.165) is 15.3 Å². The molecule has 3 heteroatoms. The Morgan fingerprint density at radius 3 is 2.92 bits per heavy atom. The highest BCUT2D eigenvalue weighted by atomic mass is 79.9. The third-order valence-electron chi connectivity index (χ3n) is 1.39. The van der Waals surface area contributed by atoms with Crippen LogP contribution in [0.2, 0.25) is 0 Å². The van der Waals surface area contributed by atoms with Gasteiger partial charge in [-0.2, -0.15) is 0 Å². The minimum atomic E-state index is 1.10. The summed E-state index contributed by atoms with van der Waals surface area (Å²) in [4.78, 5) is 4.33. The van der Waals surface area contributed by atoms with Crippen molar-refractivity contribution in [3.05, 3.63) is 22.3 Å². The van der Waals surface area contributed by atoms with E-state index >= 15 is 0 Å². The van der Waals surface area contributed by atoms with Crippen molar-refractivity contribution in [3.8, 4) is 0 Å². The Kier molecular flexibility index (Phi) is 4.09. The van der Waals surface area contributed by atoms with E-state index in [1.165, 1.54) is 12.0 Å². The van der Waals surface area contributed by atoms with Gasteiger partial charge in [0, 0.05) is 6.20 Å². The van der Waals surface area contributed by atoms with Crippen LogP contribution in [0.15, 0.2) is 21.8 Å². The van der Waals surface area contributed by atoms with Crippen LogP contribution in [0.4, 0.5) is 0 Å². The Morgan fingerprint density at radius 2 is 2.33 bits per heavy atom.